The quantitative estimate of drug-likeness (QED) is 0.795. The highest BCUT2D eigenvalue weighted by atomic mass is 35.5. The summed E-state index contributed by atoms with van der Waals surface area (Å²) in [5.74, 6) is -2.63. The van der Waals surface area contributed by atoms with Crippen LogP contribution < -0.4 is 5.11 Å². The summed E-state index contributed by atoms with van der Waals surface area (Å²) in [4.78, 5) is 23.5. The predicted molar refractivity (Wildman–Crippen MR) is 79.6 cm³/mol. The SMILES string of the molecule is O=C(C[C@@H](C(=O)[O-])c1cccc(Cl)c1)c1ccc(Cl)cc1. The Morgan fingerprint density at radius 1 is 1.00 bits per heavy atom. The first kappa shape index (κ1) is 15.5. The second-order valence-electron chi connectivity index (χ2n) is 4.56. The lowest BCUT2D eigenvalue weighted by Gasteiger charge is -2.18. The molecule has 0 N–H and O–H groups in total. The molecule has 0 amide bonds. The molecular formula is C16H11Cl2O3-. The Balaban J connectivity index is 2.22. The molecule has 0 fully saturated rings. The van der Waals surface area contributed by atoms with Gasteiger partial charge in [0.2, 0.25) is 0 Å². The Hall–Kier alpha value is -1.84. The number of hydrogen-bond acceptors (Lipinski definition) is 3. The van der Waals surface area contributed by atoms with Gasteiger partial charge in [-0.3, -0.25) is 4.79 Å². The second-order valence-corrected chi connectivity index (χ2v) is 5.43. The summed E-state index contributed by atoms with van der Waals surface area (Å²) in [7, 11) is 0. The number of carbonyl (C=O) groups is 2. The van der Waals surface area contributed by atoms with Crippen molar-refractivity contribution >= 4 is 35.0 Å². The Labute approximate surface area is 132 Å². The molecule has 0 heterocycles. The van der Waals surface area contributed by atoms with E-state index in [1.807, 2.05) is 0 Å². The Kier molecular flexibility index (Phi) is 4.99. The Morgan fingerprint density at radius 3 is 2.24 bits per heavy atom. The molecule has 0 bridgehead atoms. The van der Waals surface area contributed by atoms with Crippen LogP contribution in [0.4, 0.5) is 0 Å². The lowest BCUT2D eigenvalue weighted by atomic mass is 9.92. The van der Waals surface area contributed by atoms with E-state index in [1.54, 1.807) is 42.5 Å². The third-order valence-electron chi connectivity index (χ3n) is 3.09. The Bertz CT molecular complexity index is 665. The number of ketones is 1. The zero-order valence-electron chi connectivity index (χ0n) is 10.9. The van der Waals surface area contributed by atoms with Crippen molar-refractivity contribution in [2.75, 3.05) is 0 Å². The molecule has 3 nitrogen and oxygen atoms in total. The molecule has 0 aliphatic heterocycles. The van der Waals surface area contributed by atoms with Gasteiger partial charge >= 0.3 is 0 Å². The van der Waals surface area contributed by atoms with Crippen molar-refractivity contribution in [3.8, 4) is 0 Å². The summed E-state index contributed by atoms with van der Waals surface area (Å²) in [6.07, 6.45) is -0.190. The predicted octanol–water partition coefficient (Wildman–Crippen LogP) is 3.10. The van der Waals surface area contributed by atoms with E-state index in [-0.39, 0.29) is 12.2 Å². The third kappa shape index (κ3) is 4.06. The van der Waals surface area contributed by atoms with Crippen LogP contribution in [0.2, 0.25) is 10.0 Å². The molecule has 1 atom stereocenters. The maximum absolute atomic E-state index is 12.2. The van der Waals surface area contributed by atoms with Crippen molar-refractivity contribution < 1.29 is 14.7 Å². The van der Waals surface area contributed by atoms with Crippen LogP contribution in [-0.2, 0) is 4.79 Å². The number of hydrogen-bond donors (Lipinski definition) is 0. The fourth-order valence-electron chi connectivity index (χ4n) is 2.00. The third-order valence-corrected chi connectivity index (χ3v) is 3.58. The van der Waals surface area contributed by atoms with Gasteiger partial charge in [0.15, 0.2) is 5.78 Å². The van der Waals surface area contributed by atoms with Gasteiger partial charge in [0.1, 0.15) is 0 Å². The lowest BCUT2D eigenvalue weighted by molar-refractivity contribution is -0.307. The van der Waals surface area contributed by atoms with E-state index in [1.165, 1.54) is 6.07 Å². The maximum atomic E-state index is 12.2. The Morgan fingerprint density at radius 2 is 1.67 bits per heavy atom. The van der Waals surface area contributed by atoms with Gasteiger partial charge in [-0.1, -0.05) is 35.3 Å². The van der Waals surface area contributed by atoms with Crippen LogP contribution in [0.25, 0.3) is 0 Å². The fourth-order valence-corrected chi connectivity index (χ4v) is 2.32. The van der Waals surface area contributed by atoms with Gasteiger partial charge in [0.25, 0.3) is 0 Å². The van der Waals surface area contributed by atoms with Crippen LogP contribution in [0.15, 0.2) is 48.5 Å². The van der Waals surface area contributed by atoms with Crippen LogP contribution in [0.1, 0.15) is 28.3 Å². The fraction of sp³-hybridized carbons (Fsp3) is 0.125. The normalized spacial score (nSPS) is 11.9. The van der Waals surface area contributed by atoms with E-state index in [4.69, 9.17) is 23.2 Å². The minimum absolute atomic E-state index is 0.190. The number of halogens is 2. The second kappa shape index (κ2) is 6.74. The van der Waals surface area contributed by atoms with Crippen molar-refractivity contribution in [2.24, 2.45) is 0 Å². The summed E-state index contributed by atoms with van der Waals surface area (Å²) >= 11 is 11.6. The largest absolute Gasteiger partial charge is 0.549 e. The van der Waals surface area contributed by atoms with E-state index in [0.29, 0.717) is 21.2 Å². The topological polar surface area (TPSA) is 57.2 Å². The van der Waals surface area contributed by atoms with Gasteiger partial charge in [-0.2, -0.15) is 0 Å². The summed E-state index contributed by atoms with van der Waals surface area (Å²) < 4.78 is 0. The standard InChI is InChI=1S/C16H12Cl2O3/c17-12-6-4-10(5-7-12)15(19)9-14(16(20)21)11-2-1-3-13(18)8-11/h1-8,14H,9H2,(H,20,21)/p-1/t14-/m1/s1. The van der Waals surface area contributed by atoms with Crippen LogP contribution >= 0.6 is 23.2 Å². The smallest absolute Gasteiger partial charge is 0.163 e. The monoisotopic (exact) mass is 321 g/mol. The number of carboxylic acid groups (broad SMARTS) is 1. The van der Waals surface area contributed by atoms with Crippen LogP contribution in [0.5, 0.6) is 0 Å². The molecule has 0 radical (unpaired) electrons. The lowest BCUT2D eigenvalue weighted by Crippen LogP contribution is -2.31. The molecular weight excluding hydrogens is 311 g/mol. The molecule has 0 aliphatic rings. The molecule has 0 saturated carbocycles. The van der Waals surface area contributed by atoms with Gasteiger partial charge in [-0.15, -0.1) is 0 Å². The first-order chi connectivity index (χ1) is 9.97. The van der Waals surface area contributed by atoms with Crippen molar-refractivity contribution in [3.63, 3.8) is 0 Å². The molecule has 0 aliphatic carbocycles. The molecule has 0 unspecified atom stereocenters. The van der Waals surface area contributed by atoms with Gasteiger partial charge in [-0.25, -0.2) is 0 Å². The minimum Gasteiger partial charge on any atom is -0.549 e. The van der Waals surface area contributed by atoms with Crippen LogP contribution in [-0.4, -0.2) is 11.8 Å². The number of aliphatic carboxylic acids is 1. The van der Waals surface area contributed by atoms with Gasteiger partial charge in [0, 0.05) is 33.9 Å². The average Bonchev–Trinajstić information content (AvgIpc) is 2.45. The van der Waals surface area contributed by atoms with Gasteiger partial charge in [0.05, 0.1) is 0 Å². The van der Waals surface area contributed by atoms with Crippen molar-refractivity contribution in [1.29, 1.82) is 0 Å². The molecule has 108 valence electrons. The molecule has 5 heteroatoms. The number of carboxylic acids is 1. The van der Waals surface area contributed by atoms with Gasteiger partial charge in [-0.05, 0) is 42.0 Å². The highest BCUT2D eigenvalue weighted by molar-refractivity contribution is 6.31. The number of carbonyl (C=O) groups excluding carboxylic acids is 2. The zero-order valence-corrected chi connectivity index (χ0v) is 12.4. The first-order valence-electron chi connectivity index (χ1n) is 6.22. The van der Waals surface area contributed by atoms with E-state index < -0.39 is 11.9 Å². The molecule has 2 aromatic rings. The van der Waals surface area contributed by atoms with E-state index in [0.717, 1.165) is 0 Å². The van der Waals surface area contributed by atoms with Crippen LogP contribution in [0.3, 0.4) is 0 Å². The van der Waals surface area contributed by atoms with Crippen LogP contribution in [0, 0.1) is 0 Å². The van der Waals surface area contributed by atoms with E-state index in [2.05, 4.69) is 0 Å². The molecule has 0 saturated heterocycles. The summed E-state index contributed by atoms with van der Waals surface area (Å²) in [6, 6.07) is 12.7. The molecule has 0 aromatic heterocycles. The number of rotatable bonds is 5. The van der Waals surface area contributed by atoms with E-state index in [9.17, 15) is 14.7 Å². The molecule has 2 aromatic carbocycles. The average molecular weight is 322 g/mol. The number of benzene rings is 2. The minimum atomic E-state index is -1.31. The number of Topliss-reactive ketones (excluding diaryl/α,β-unsaturated/α-hetero) is 1. The van der Waals surface area contributed by atoms with E-state index >= 15 is 0 Å². The molecule has 2 rings (SSSR count). The maximum Gasteiger partial charge on any atom is 0.163 e. The zero-order chi connectivity index (χ0) is 15.4. The highest BCUT2D eigenvalue weighted by Crippen LogP contribution is 2.24. The summed E-state index contributed by atoms with van der Waals surface area (Å²) in [5, 5.41) is 12.2. The molecule has 0 spiro atoms. The summed E-state index contributed by atoms with van der Waals surface area (Å²) in [6.45, 7) is 0. The summed E-state index contributed by atoms with van der Waals surface area (Å²) in [5.41, 5.74) is 0.859. The highest BCUT2D eigenvalue weighted by Gasteiger charge is 2.18. The van der Waals surface area contributed by atoms with Crippen molar-refractivity contribution in [3.05, 3.63) is 69.7 Å². The van der Waals surface area contributed by atoms with Crippen molar-refractivity contribution in [1.82, 2.24) is 0 Å². The first-order valence-corrected chi connectivity index (χ1v) is 6.98. The van der Waals surface area contributed by atoms with Gasteiger partial charge < -0.3 is 9.90 Å². The van der Waals surface area contributed by atoms with Crippen molar-refractivity contribution in [2.45, 2.75) is 12.3 Å². The molecule has 21 heavy (non-hydrogen) atoms.